The number of hydrogen-bond donors (Lipinski definition) is 0. The van der Waals surface area contributed by atoms with Crippen molar-refractivity contribution in [1.82, 2.24) is 4.98 Å². The first-order valence-electron chi connectivity index (χ1n) is 7.38. The zero-order chi connectivity index (χ0) is 15.5. The lowest BCUT2D eigenvalue weighted by Gasteiger charge is -2.06. The molecule has 3 heteroatoms. The number of thiazole rings is 1. The molecule has 1 aromatic heterocycles. The van der Waals surface area contributed by atoms with Gasteiger partial charge in [-0.2, -0.15) is 0 Å². The summed E-state index contributed by atoms with van der Waals surface area (Å²) in [7, 11) is 0. The van der Waals surface area contributed by atoms with Crippen molar-refractivity contribution in [2.75, 3.05) is 6.61 Å². The molecule has 3 aromatic rings. The van der Waals surface area contributed by atoms with Gasteiger partial charge in [-0.15, -0.1) is 11.3 Å². The smallest absolute Gasteiger partial charge is 0.124 e. The van der Waals surface area contributed by atoms with Crippen LogP contribution in [0.2, 0.25) is 0 Å². The fourth-order valence-electron chi connectivity index (χ4n) is 2.13. The summed E-state index contributed by atoms with van der Waals surface area (Å²) in [6.45, 7) is 6.84. The maximum atomic E-state index is 5.74. The van der Waals surface area contributed by atoms with E-state index in [4.69, 9.17) is 9.72 Å². The van der Waals surface area contributed by atoms with Crippen molar-refractivity contribution in [3.8, 4) is 16.3 Å². The van der Waals surface area contributed by atoms with E-state index in [9.17, 15) is 0 Å². The van der Waals surface area contributed by atoms with Crippen LogP contribution >= 0.6 is 11.3 Å². The van der Waals surface area contributed by atoms with Crippen LogP contribution < -0.4 is 4.74 Å². The van der Waals surface area contributed by atoms with Crippen molar-refractivity contribution in [1.29, 1.82) is 0 Å². The first-order valence-corrected chi connectivity index (χ1v) is 8.19. The number of nitrogens with zero attached hydrogens (tertiary/aromatic N) is 1. The monoisotopic (exact) mass is 309 g/mol. The Morgan fingerprint density at radius 1 is 1.18 bits per heavy atom. The van der Waals surface area contributed by atoms with Crippen molar-refractivity contribution in [3.05, 3.63) is 59.7 Å². The molecule has 22 heavy (non-hydrogen) atoms. The third kappa shape index (κ3) is 3.20. The van der Waals surface area contributed by atoms with E-state index >= 15 is 0 Å². The van der Waals surface area contributed by atoms with Gasteiger partial charge in [-0.05, 0) is 68.3 Å². The predicted octanol–water partition coefficient (Wildman–Crippen LogP) is 5.62. The van der Waals surface area contributed by atoms with Crippen LogP contribution in [0.1, 0.15) is 19.4 Å². The number of aryl methyl sites for hydroxylation is 1. The Bertz CT molecular complexity index is 815. The Balaban J connectivity index is 1.82. The maximum absolute atomic E-state index is 5.74. The Labute approximate surface area is 135 Å². The van der Waals surface area contributed by atoms with Crippen LogP contribution in [0, 0.1) is 6.92 Å². The second-order valence-electron chi connectivity index (χ2n) is 5.44. The number of fused-ring (bicyclic) bond motifs is 1. The zero-order valence-electron chi connectivity index (χ0n) is 13.1. The highest BCUT2D eigenvalue weighted by atomic mass is 32.1. The van der Waals surface area contributed by atoms with Gasteiger partial charge < -0.3 is 4.74 Å². The SMILES string of the molecule is CC=C(C)COc1ccc(-c2nc3ccc(C)cc3s2)cc1. The molecule has 0 fully saturated rings. The summed E-state index contributed by atoms with van der Waals surface area (Å²) in [6.07, 6.45) is 2.07. The first kappa shape index (κ1) is 14.8. The van der Waals surface area contributed by atoms with Gasteiger partial charge in [-0.3, -0.25) is 0 Å². The summed E-state index contributed by atoms with van der Waals surface area (Å²) in [5.41, 5.74) is 4.69. The molecule has 0 bridgehead atoms. The van der Waals surface area contributed by atoms with Gasteiger partial charge in [0.1, 0.15) is 17.4 Å². The predicted molar refractivity (Wildman–Crippen MR) is 94.7 cm³/mol. The summed E-state index contributed by atoms with van der Waals surface area (Å²) in [6, 6.07) is 14.5. The van der Waals surface area contributed by atoms with Gasteiger partial charge in [0, 0.05) is 5.56 Å². The lowest BCUT2D eigenvalue weighted by Crippen LogP contribution is -1.97. The van der Waals surface area contributed by atoms with Crippen molar-refractivity contribution >= 4 is 21.6 Å². The van der Waals surface area contributed by atoms with Gasteiger partial charge >= 0.3 is 0 Å². The molecule has 2 aromatic carbocycles. The molecule has 1 heterocycles. The van der Waals surface area contributed by atoms with Gasteiger partial charge in [-0.25, -0.2) is 4.98 Å². The topological polar surface area (TPSA) is 22.1 Å². The normalized spacial score (nSPS) is 11.9. The standard InChI is InChI=1S/C19H19NOS/c1-4-13(2)12-21-16-8-6-15(7-9-16)19-20-17-10-5-14(3)11-18(17)22-19/h4-11H,12H2,1-3H3. The molecule has 0 aliphatic carbocycles. The largest absolute Gasteiger partial charge is 0.489 e. The van der Waals surface area contributed by atoms with E-state index in [0.29, 0.717) is 6.61 Å². The van der Waals surface area contributed by atoms with E-state index < -0.39 is 0 Å². The third-order valence-electron chi connectivity index (χ3n) is 3.60. The van der Waals surface area contributed by atoms with E-state index in [1.54, 1.807) is 11.3 Å². The number of ether oxygens (including phenoxy) is 1. The fourth-order valence-corrected chi connectivity index (χ4v) is 3.20. The van der Waals surface area contributed by atoms with Crippen molar-refractivity contribution in [3.63, 3.8) is 0 Å². The van der Waals surface area contributed by atoms with Crippen LogP contribution in [-0.4, -0.2) is 11.6 Å². The average Bonchev–Trinajstić information content (AvgIpc) is 2.96. The van der Waals surface area contributed by atoms with E-state index in [-0.39, 0.29) is 0 Å². The molecule has 0 saturated carbocycles. The van der Waals surface area contributed by atoms with E-state index in [1.807, 2.05) is 19.1 Å². The molecule has 0 spiro atoms. The quantitative estimate of drug-likeness (QED) is 0.584. The zero-order valence-corrected chi connectivity index (χ0v) is 13.9. The molecule has 0 amide bonds. The van der Waals surface area contributed by atoms with Crippen LogP contribution in [0.15, 0.2) is 54.1 Å². The van der Waals surface area contributed by atoms with Crippen LogP contribution in [0.5, 0.6) is 5.75 Å². The summed E-state index contributed by atoms with van der Waals surface area (Å²) in [5, 5.41) is 1.05. The molecule has 3 rings (SSSR count). The second-order valence-corrected chi connectivity index (χ2v) is 6.47. The Morgan fingerprint density at radius 3 is 2.68 bits per heavy atom. The highest BCUT2D eigenvalue weighted by Gasteiger charge is 2.06. The van der Waals surface area contributed by atoms with E-state index in [0.717, 1.165) is 21.8 Å². The number of allylic oxidation sites excluding steroid dienone is 1. The van der Waals surface area contributed by atoms with Gasteiger partial charge in [0.05, 0.1) is 10.2 Å². The Kier molecular flexibility index (Phi) is 4.25. The first-order chi connectivity index (χ1) is 10.7. The number of rotatable bonds is 4. The molecular formula is C19H19NOS. The minimum absolute atomic E-state index is 0.635. The van der Waals surface area contributed by atoms with Crippen LogP contribution in [0.4, 0.5) is 0 Å². The summed E-state index contributed by atoms with van der Waals surface area (Å²) in [4.78, 5) is 4.71. The molecular weight excluding hydrogens is 290 g/mol. The molecule has 2 nitrogen and oxygen atoms in total. The minimum Gasteiger partial charge on any atom is -0.489 e. The number of aromatic nitrogens is 1. The van der Waals surface area contributed by atoms with E-state index in [2.05, 4.69) is 50.3 Å². The molecule has 0 atom stereocenters. The number of hydrogen-bond acceptors (Lipinski definition) is 3. The van der Waals surface area contributed by atoms with Crippen LogP contribution in [-0.2, 0) is 0 Å². The van der Waals surface area contributed by atoms with Crippen LogP contribution in [0.25, 0.3) is 20.8 Å². The number of benzene rings is 2. The van der Waals surface area contributed by atoms with Crippen LogP contribution in [0.3, 0.4) is 0 Å². The maximum Gasteiger partial charge on any atom is 0.124 e. The molecule has 112 valence electrons. The fraction of sp³-hybridized carbons (Fsp3) is 0.211. The summed E-state index contributed by atoms with van der Waals surface area (Å²) in [5.74, 6) is 0.891. The van der Waals surface area contributed by atoms with Gasteiger partial charge in [0.2, 0.25) is 0 Å². The molecule has 0 saturated heterocycles. The molecule has 0 radical (unpaired) electrons. The van der Waals surface area contributed by atoms with Crippen molar-refractivity contribution in [2.24, 2.45) is 0 Å². The summed E-state index contributed by atoms with van der Waals surface area (Å²) < 4.78 is 6.97. The van der Waals surface area contributed by atoms with E-state index in [1.165, 1.54) is 15.8 Å². The highest BCUT2D eigenvalue weighted by molar-refractivity contribution is 7.21. The second kappa shape index (κ2) is 6.32. The highest BCUT2D eigenvalue weighted by Crippen LogP contribution is 2.31. The molecule has 0 unspecified atom stereocenters. The lowest BCUT2D eigenvalue weighted by atomic mass is 10.2. The third-order valence-corrected chi connectivity index (χ3v) is 4.67. The summed E-state index contributed by atoms with van der Waals surface area (Å²) >= 11 is 1.73. The lowest BCUT2D eigenvalue weighted by molar-refractivity contribution is 0.352. The molecule has 0 aliphatic rings. The van der Waals surface area contributed by atoms with Crippen molar-refractivity contribution in [2.45, 2.75) is 20.8 Å². The average molecular weight is 309 g/mol. The minimum atomic E-state index is 0.635. The Hall–Kier alpha value is -2.13. The van der Waals surface area contributed by atoms with Crippen molar-refractivity contribution < 1.29 is 4.74 Å². The van der Waals surface area contributed by atoms with Gasteiger partial charge in [0.15, 0.2) is 0 Å². The molecule has 0 aliphatic heterocycles. The van der Waals surface area contributed by atoms with Gasteiger partial charge in [0.25, 0.3) is 0 Å². The van der Waals surface area contributed by atoms with Gasteiger partial charge in [-0.1, -0.05) is 12.1 Å². The Morgan fingerprint density at radius 2 is 1.95 bits per heavy atom. The molecule has 0 N–H and O–H groups in total.